The molecule has 0 spiro atoms. The Morgan fingerprint density at radius 2 is 2.24 bits per heavy atom. The minimum absolute atomic E-state index is 0.333. The lowest BCUT2D eigenvalue weighted by Crippen LogP contribution is -1.97. The molecule has 0 amide bonds. The molecule has 17 heavy (non-hydrogen) atoms. The number of halogens is 1. The maximum absolute atomic E-state index is 8.95. The molecule has 84 valence electrons. The van der Waals surface area contributed by atoms with Gasteiger partial charge in [-0.25, -0.2) is 9.97 Å². The standard InChI is InChI=1S/C12H9ClN4/c1-8-3-2-4-12(16-8)17-10-5-11(13)15-7-9(10)6-14/h2-5,7H,1H3,(H,15,16,17). The Labute approximate surface area is 104 Å². The predicted octanol–water partition coefficient (Wildman–Crippen LogP) is 3.05. The number of hydrogen-bond donors (Lipinski definition) is 1. The van der Waals surface area contributed by atoms with E-state index in [0.29, 0.717) is 22.2 Å². The fraction of sp³-hybridized carbons (Fsp3) is 0.0833. The van der Waals surface area contributed by atoms with Gasteiger partial charge in [0, 0.05) is 18.0 Å². The number of aromatic nitrogens is 2. The first-order chi connectivity index (χ1) is 8.19. The molecule has 0 saturated heterocycles. The third kappa shape index (κ3) is 2.71. The molecule has 0 saturated carbocycles. The van der Waals surface area contributed by atoms with Gasteiger partial charge in [0.1, 0.15) is 17.0 Å². The van der Waals surface area contributed by atoms with E-state index in [-0.39, 0.29) is 0 Å². The van der Waals surface area contributed by atoms with Gasteiger partial charge in [0.15, 0.2) is 0 Å². The van der Waals surface area contributed by atoms with Crippen molar-refractivity contribution in [2.75, 3.05) is 5.32 Å². The van der Waals surface area contributed by atoms with Crippen LogP contribution >= 0.6 is 11.6 Å². The van der Waals surface area contributed by atoms with Crippen LogP contribution in [0.1, 0.15) is 11.3 Å². The fourth-order valence-electron chi connectivity index (χ4n) is 1.37. The smallest absolute Gasteiger partial charge is 0.131 e. The second kappa shape index (κ2) is 4.81. The van der Waals surface area contributed by atoms with Crippen molar-refractivity contribution in [2.24, 2.45) is 0 Å². The Kier molecular flexibility index (Phi) is 3.22. The van der Waals surface area contributed by atoms with Crippen molar-refractivity contribution in [1.82, 2.24) is 9.97 Å². The van der Waals surface area contributed by atoms with Gasteiger partial charge in [-0.1, -0.05) is 17.7 Å². The Morgan fingerprint density at radius 3 is 2.94 bits per heavy atom. The van der Waals surface area contributed by atoms with Crippen LogP contribution in [0.2, 0.25) is 5.15 Å². The number of anilines is 2. The molecule has 0 atom stereocenters. The van der Waals surface area contributed by atoms with E-state index in [2.05, 4.69) is 15.3 Å². The molecule has 0 aliphatic carbocycles. The summed E-state index contributed by atoms with van der Waals surface area (Å²) >= 11 is 5.79. The lowest BCUT2D eigenvalue weighted by molar-refractivity contribution is 1.19. The second-order valence-electron chi connectivity index (χ2n) is 3.45. The van der Waals surface area contributed by atoms with E-state index >= 15 is 0 Å². The van der Waals surface area contributed by atoms with Crippen LogP contribution < -0.4 is 5.32 Å². The molecule has 4 nitrogen and oxygen atoms in total. The zero-order chi connectivity index (χ0) is 12.3. The Morgan fingerprint density at radius 1 is 1.41 bits per heavy atom. The second-order valence-corrected chi connectivity index (χ2v) is 3.84. The van der Waals surface area contributed by atoms with Crippen molar-refractivity contribution < 1.29 is 0 Å². The van der Waals surface area contributed by atoms with E-state index < -0.39 is 0 Å². The van der Waals surface area contributed by atoms with Crippen molar-refractivity contribution in [2.45, 2.75) is 6.92 Å². The molecule has 0 fully saturated rings. The topological polar surface area (TPSA) is 61.6 Å². The molecule has 2 aromatic heterocycles. The molecule has 0 aliphatic heterocycles. The highest BCUT2D eigenvalue weighted by molar-refractivity contribution is 6.29. The van der Waals surface area contributed by atoms with Gasteiger partial charge >= 0.3 is 0 Å². The van der Waals surface area contributed by atoms with Crippen LogP contribution in [-0.4, -0.2) is 9.97 Å². The van der Waals surface area contributed by atoms with E-state index in [1.165, 1.54) is 6.20 Å². The van der Waals surface area contributed by atoms with E-state index in [9.17, 15) is 0 Å². The molecule has 2 heterocycles. The first-order valence-corrected chi connectivity index (χ1v) is 5.33. The highest BCUT2D eigenvalue weighted by Crippen LogP contribution is 2.21. The minimum atomic E-state index is 0.333. The largest absolute Gasteiger partial charge is 0.339 e. The van der Waals surface area contributed by atoms with Gasteiger partial charge in [0.05, 0.1) is 11.3 Å². The molecular weight excluding hydrogens is 236 g/mol. The lowest BCUT2D eigenvalue weighted by atomic mass is 10.2. The number of pyridine rings is 2. The van der Waals surface area contributed by atoms with Crippen molar-refractivity contribution in [1.29, 1.82) is 5.26 Å². The molecule has 2 rings (SSSR count). The number of nitrogens with one attached hydrogen (secondary N) is 1. The van der Waals surface area contributed by atoms with Gasteiger partial charge in [0.2, 0.25) is 0 Å². The summed E-state index contributed by atoms with van der Waals surface area (Å²) in [6.07, 6.45) is 1.43. The van der Waals surface area contributed by atoms with Gasteiger partial charge in [-0.15, -0.1) is 0 Å². The molecule has 5 heteroatoms. The number of rotatable bonds is 2. The predicted molar refractivity (Wildman–Crippen MR) is 66.2 cm³/mol. The molecule has 0 bridgehead atoms. The Balaban J connectivity index is 2.36. The van der Waals surface area contributed by atoms with Crippen LogP contribution in [-0.2, 0) is 0 Å². The summed E-state index contributed by atoms with van der Waals surface area (Å²) in [6.45, 7) is 1.90. The summed E-state index contributed by atoms with van der Waals surface area (Å²) in [6, 6.07) is 9.26. The number of aryl methyl sites for hydroxylation is 1. The normalized spacial score (nSPS) is 9.71. The zero-order valence-electron chi connectivity index (χ0n) is 9.11. The van der Waals surface area contributed by atoms with Crippen molar-refractivity contribution in [3.8, 4) is 6.07 Å². The molecule has 0 radical (unpaired) electrons. The first-order valence-electron chi connectivity index (χ1n) is 4.95. The van der Waals surface area contributed by atoms with Crippen LogP contribution in [0.4, 0.5) is 11.5 Å². The molecule has 0 aliphatic rings. The van der Waals surface area contributed by atoms with Crippen LogP contribution in [0.15, 0.2) is 30.5 Å². The highest BCUT2D eigenvalue weighted by Gasteiger charge is 2.05. The maximum atomic E-state index is 8.95. The quantitative estimate of drug-likeness (QED) is 0.825. The van der Waals surface area contributed by atoms with E-state index in [1.54, 1.807) is 6.07 Å². The molecule has 0 unspecified atom stereocenters. The Bertz CT molecular complexity index is 589. The SMILES string of the molecule is Cc1cccc(Nc2cc(Cl)ncc2C#N)n1. The van der Waals surface area contributed by atoms with Gasteiger partial charge in [-0.05, 0) is 19.1 Å². The van der Waals surface area contributed by atoms with Crippen molar-refractivity contribution in [3.05, 3.63) is 46.9 Å². The summed E-state index contributed by atoms with van der Waals surface area (Å²) in [5, 5.41) is 12.3. The summed E-state index contributed by atoms with van der Waals surface area (Å²) in [4.78, 5) is 8.14. The minimum Gasteiger partial charge on any atom is -0.339 e. The van der Waals surface area contributed by atoms with Gasteiger partial charge in [-0.2, -0.15) is 5.26 Å². The third-order valence-corrected chi connectivity index (χ3v) is 2.35. The van der Waals surface area contributed by atoms with Crippen LogP contribution in [0.3, 0.4) is 0 Å². The van der Waals surface area contributed by atoms with Crippen molar-refractivity contribution >= 4 is 23.1 Å². The zero-order valence-corrected chi connectivity index (χ0v) is 9.86. The monoisotopic (exact) mass is 244 g/mol. The van der Waals surface area contributed by atoms with Crippen LogP contribution in [0.25, 0.3) is 0 Å². The summed E-state index contributed by atoms with van der Waals surface area (Å²) in [7, 11) is 0. The number of nitriles is 1. The van der Waals surface area contributed by atoms with E-state index in [4.69, 9.17) is 16.9 Å². The fourth-order valence-corrected chi connectivity index (χ4v) is 1.53. The molecule has 1 N–H and O–H groups in total. The average Bonchev–Trinajstić information content (AvgIpc) is 2.29. The summed E-state index contributed by atoms with van der Waals surface area (Å²) in [5.74, 6) is 0.670. The van der Waals surface area contributed by atoms with Crippen LogP contribution in [0.5, 0.6) is 0 Å². The summed E-state index contributed by atoms with van der Waals surface area (Å²) < 4.78 is 0. The first kappa shape index (κ1) is 11.4. The number of nitrogens with zero attached hydrogens (tertiary/aromatic N) is 3. The lowest BCUT2D eigenvalue weighted by Gasteiger charge is -2.07. The molecule has 2 aromatic rings. The molecular formula is C12H9ClN4. The third-order valence-electron chi connectivity index (χ3n) is 2.14. The summed E-state index contributed by atoms with van der Waals surface area (Å²) in [5.41, 5.74) is 1.93. The van der Waals surface area contributed by atoms with E-state index in [0.717, 1.165) is 5.69 Å². The number of hydrogen-bond acceptors (Lipinski definition) is 4. The van der Waals surface area contributed by atoms with Crippen LogP contribution in [0, 0.1) is 18.3 Å². The van der Waals surface area contributed by atoms with Crippen molar-refractivity contribution in [3.63, 3.8) is 0 Å². The van der Waals surface area contributed by atoms with Gasteiger partial charge in [-0.3, -0.25) is 0 Å². The van der Waals surface area contributed by atoms with Gasteiger partial charge < -0.3 is 5.32 Å². The average molecular weight is 245 g/mol. The Hall–Kier alpha value is -2.12. The molecule has 0 aromatic carbocycles. The van der Waals surface area contributed by atoms with E-state index in [1.807, 2.05) is 31.2 Å². The van der Waals surface area contributed by atoms with Gasteiger partial charge in [0.25, 0.3) is 0 Å². The maximum Gasteiger partial charge on any atom is 0.131 e. The highest BCUT2D eigenvalue weighted by atomic mass is 35.5.